The molecule has 0 bridgehead atoms. The first-order valence-electron chi connectivity index (χ1n) is 3.68. The van der Waals surface area contributed by atoms with E-state index in [9.17, 15) is 0 Å². The standard InChI is InChI=1S/C9H18/c1-6-8(3)9(4,5)7-2/h6H,7H2,1-5H3/b8-6+. The molecular weight excluding hydrogens is 108 g/mol. The van der Waals surface area contributed by atoms with Gasteiger partial charge in [-0.15, -0.1) is 0 Å². The van der Waals surface area contributed by atoms with Crippen LogP contribution in [0.1, 0.15) is 41.0 Å². The van der Waals surface area contributed by atoms with Crippen molar-refractivity contribution in [1.82, 2.24) is 0 Å². The van der Waals surface area contributed by atoms with Crippen molar-refractivity contribution in [2.75, 3.05) is 0 Å². The second kappa shape index (κ2) is 3.05. The molecule has 0 nitrogen and oxygen atoms in total. The van der Waals surface area contributed by atoms with Crippen molar-refractivity contribution in [3.8, 4) is 0 Å². The summed E-state index contributed by atoms with van der Waals surface area (Å²) in [7, 11) is 0. The molecule has 0 aromatic rings. The molecule has 54 valence electrons. The van der Waals surface area contributed by atoms with Crippen molar-refractivity contribution in [1.29, 1.82) is 0 Å². The summed E-state index contributed by atoms with van der Waals surface area (Å²) in [6.07, 6.45) is 3.42. The fourth-order valence-corrected chi connectivity index (χ4v) is 0.670. The van der Waals surface area contributed by atoms with E-state index in [1.54, 1.807) is 0 Å². The third-order valence-corrected chi connectivity index (χ3v) is 2.38. The van der Waals surface area contributed by atoms with Gasteiger partial charge in [-0.25, -0.2) is 0 Å². The van der Waals surface area contributed by atoms with Crippen molar-refractivity contribution in [3.63, 3.8) is 0 Å². The Morgan fingerprint density at radius 2 is 1.89 bits per heavy atom. The van der Waals surface area contributed by atoms with Gasteiger partial charge in [0.2, 0.25) is 0 Å². The molecule has 0 amide bonds. The van der Waals surface area contributed by atoms with Crippen LogP contribution < -0.4 is 0 Å². The molecule has 0 aromatic carbocycles. The molecule has 0 aromatic heterocycles. The number of rotatable bonds is 2. The predicted octanol–water partition coefficient (Wildman–Crippen LogP) is 3.39. The molecule has 0 rings (SSSR count). The van der Waals surface area contributed by atoms with Crippen LogP contribution in [0.4, 0.5) is 0 Å². The molecule has 0 saturated carbocycles. The van der Waals surface area contributed by atoms with Crippen molar-refractivity contribution in [2.24, 2.45) is 5.41 Å². The smallest absolute Gasteiger partial charge is 0.0150 e. The van der Waals surface area contributed by atoms with Crippen LogP contribution in [0.5, 0.6) is 0 Å². The largest absolute Gasteiger partial charge is 0.0882 e. The summed E-state index contributed by atoms with van der Waals surface area (Å²) >= 11 is 0. The van der Waals surface area contributed by atoms with Crippen LogP contribution in [-0.2, 0) is 0 Å². The number of hydrogen-bond acceptors (Lipinski definition) is 0. The highest BCUT2D eigenvalue weighted by Gasteiger charge is 2.15. The van der Waals surface area contributed by atoms with Crippen molar-refractivity contribution >= 4 is 0 Å². The summed E-state index contributed by atoms with van der Waals surface area (Å²) in [5, 5.41) is 0. The predicted molar refractivity (Wildman–Crippen MR) is 43.5 cm³/mol. The molecule has 0 fully saturated rings. The highest BCUT2D eigenvalue weighted by molar-refractivity contribution is 5.06. The lowest BCUT2D eigenvalue weighted by molar-refractivity contribution is 0.429. The van der Waals surface area contributed by atoms with E-state index in [1.165, 1.54) is 12.0 Å². The van der Waals surface area contributed by atoms with E-state index in [4.69, 9.17) is 0 Å². The molecule has 0 heterocycles. The zero-order valence-electron chi connectivity index (χ0n) is 7.28. The summed E-state index contributed by atoms with van der Waals surface area (Å²) in [6.45, 7) is 11.1. The van der Waals surface area contributed by atoms with Gasteiger partial charge in [0.25, 0.3) is 0 Å². The van der Waals surface area contributed by atoms with E-state index in [1.807, 2.05) is 0 Å². The lowest BCUT2D eigenvalue weighted by atomic mass is 9.83. The molecule has 0 atom stereocenters. The van der Waals surface area contributed by atoms with Crippen LogP contribution in [-0.4, -0.2) is 0 Å². The zero-order valence-corrected chi connectivity index (χ0v) is 7.28. The molecule has 0 unspecified atom stereocenters. The Balaban J connectivity index is 4.14. The summed E-state index contributed by atoms with van der Waals surface area (Å²) in [5.74, 6) is 0. The molecule has 9 heavy (non-hydrogen) atoms. The minimum atomic E-state index is 0.411. The first-order valence-corrected chi connectivity index (χ1v) is 3.68. The lowest BCUT2D eigenvalue weighted by Gasteiger charge is -2.23. The van der Waals surface area contributed by atoms with Crippen LogP contribution in [0.15, 0.2) is 11.6 Å². The van der Waals surface area contributed by atoms with Gasteiger partial charge in [0.05, 0.1) is 0 Å². The third-order valence-electron chi connectivity index (χ3n) is 2.38. The van der Waals surface area contributed by atoms with Crippen LogP contribution in [0, 0.1) is 5.41 Å². The maximum absolute atomic E-state index is 2.28. The fourth-order valence-electron chi connectivity index (χ4n) is 0.670. The second-order valence-electron chi connectivity index (χ2n) is 3.21. The quantitative estimate of drug-likeness (QED) is 0.497. The summed E-state index contributed by atoms with van der Waals surface area (Å²) in [5.41, 5.74) is 1.90. The molecule has 0 N–H and O–H groups in total. The van der Waals surface area contributed by atoms with E-state index in [-0.39, 0.29) is 0 Å². The van der Waals surface area contributed by atoms with Gasteiger partial charge in [-0.05, 0) is 25.7 Å². The Kier molecular flexibility index (Phi) is 2.96. The van der Waals surface area contributed by atoms with E-state index < -0.39 is 0 Å². The molecule has 0 aliphatic rings. The van der Waals surface area contributed by atoms with Crippen LogP contribution in [0.25, 0.3) is 0 Å². The van der Waals surface area contributed by atoms with Gasteiger partial charge in [-0.1, -0.05) is 32.4 Å². The Labute approximate surface area is 59.0 Å². The highest BCUT2D eigenvalue weighted by atomic mass is 14.2. The summed E-state index contributed by atoms with van der Waals surface area (Å²) in [4.78, 5) is 0. The minimum absolute atomic E-state index is 0.411. The SMILES string of the molecule is C/C=C(\C)C(C)(C)CC. The average molecular weight is 126 g/mol. The van der Waals surface area contributed by atoms with Crippen molar-refractivity contribution < 1.29 is 0 Å². The number of allylic oxidation sites excluding steroid dienone is 2. The van der Waals surface area contributed by atoms with Crippen LogP contribution in [0.3, 0.4) is 0 Å². The average Bonchev–Trinajstić information content (AvgIpc) is 1.86. The number of hydrogen-bond donors (Lipinski definition) is 0. The van der Waals surface area contributed by atoms with Gasteiger partial charge in [-0.3, -0.25) is 0 Å². The van der Waals surface area contributed by atoms with Crippen molar-refractivity contribution in [2.45, 2.75) is 41.0 Å². The Morgan fingerprint density at radius 1 is 1.44 bits per heavy atom. The van der Waals surface area contributed by atoms with Gasteiger partial charge in [-0.2, -0.15) is 0 Å². The molecule has 0 spiro atoms. The second-order valence-corrected chi connectivity index (χ2v) is 3.21. The van der Waals surface area contributed by atoms with Gasteiger partial charge < -0.3 is 0 Å². The van der Waals surface area contributed by atoms with E-state index >= 15 is 0 Å². The summed E-state index contributed by atoms with van der Waals surface area (Å²) in [6, 6.07) is 0. The first-order chi connectivity index (χ1) is 4.04. The van der Waals surface area contributed by atoms with Gasteiger partial charge in [0.1, 0.15) is 0 Å². The minimum Gasteiger partial charge on any atom is -0.0882 e. The third kappa shape index (κ3) is 2.21. The Bertz CT molecular complexity index is 107. The maximum atomic E-state index is 2.28. The molecule has 0 heteroatoms. The summed E-state index contributed by atoms with van der Waals surface area (Å²) < 4.78 is 0. The molecule has 0 saturated heterocycles. The topological polar surface area (TPSA) is 0 Å². The highest BCUT2D eigenvalue weighted by Crippen LogP contribution is 2.28. The van der Waals surface area contributed by atoms with Crippen LogP contribution >= 0.6 is 0 Å². The van der Waals surface area contributed by atoms with E-state index in [0.29, 0.717) is 5.41 Å². The molecule has 0 aliphatic heterocycles. The van der Waals surface area contributed by atoms with Crippen molar-refractivity contribution in [3.05, 3.63) is 11.6 Å². The first kappa shape index (κ1) is 8.74. The monoisotopic (exact) mass is 126 g/mol. The Hall–Kier alpha value is -0.260. The van der Waals surface area contributed by atoms with Crippen LogP contribution in [0.2, 0.25) is 0 Å². The van der Waals surface area contributed by atoms with E-state index in [0.717, 1.165) is 0 Å². The van der Waals surface area contributed by atoms with Gasteiger partial charge in [0, 0.05) is 0 Å². The molecular formula is C9H18. The maximum Gasteiger partial charge on any atom is -0.0150 e. The van der Waals surface area contributed by atoms with Gasteiger partial charge in [0.15, 0.2) is 0 Å². The lowest BCUT2D eigenvalue weighted by Crippen LogP contribution is -2.10. The Morgan fingerprint density at radius 3 is 2.00 bits per heavy atom. The normalized spacial score (nSPS) is 14.1. The fraction of sp³-hybridized carbons (Fsp3) is 0.778. The molecule has 0 radical (unpaired) electrons. The zero-order chi connectivity index (χ0) is 7.49. The van der Waals surface area contributed by atoms with Gasteiger partial charge >= 0.3 is 0 Å². The molecule has 0 aliphatic carbocycles. The van der Waals surface area contributed by atoms with E-state index in [2.05, 4.69) is 40.7 Å².